The van der Waals surface area contributed by atoms with E-state index in [2.05, 4.69) is 0 Å². The van der Waals surface area contributed by atoms with Crippen LogP contribution in [0.5, 0.6) is 0 Å². The zero-order valence-corrected chi connectivity index (χ0v) is 14.5. The highest BCUT2D eigenvalue weighted by atomic mass is 16.5. The van der Waals surface area contributed by atoms with E-state index >= 15 is 0 Å². The Morgan fingerprint density at radius 3 is 2.72 bits per heavy atom. The van der Waals surface area contributed by atoms with Gasteiger partial charge >= 0.3 is 5.97 Å². The topological polar surface area (TPSA) is 92.9 Å². The van der Waals surface area contributed by atoms with Crippen LogP contribution in [0.4, 0.5) is 0 Å². The third-order valence-electron chi connectivity index (χ3n) is 5.37. The molecule has 0 bridgehead atoms. The second-order valence-corrected chi connectivity index (χ2v) is 7.21. The summed E-state index contributed by atoms with van der Waals surface area (Å²) < 4.78 is 5.44. The van der Waals surface area contributed by atoms with Crippen LogP contribution in [0.1, 0.15) is 38.2 Å². The van der Waals surface area contributed by atoms with Crippen LogP contribution in [0.3, 0.4) is 0 Å². The Kier molecular flexibility index (Phi) is 5.39. The molecule has 0 saturated carbocycles. The molecule has 1 aromatic carbocycles. The number of benzene rings is 1. The van der Waals surface area contributed by atoms with Gasteiger partial charge in [-0.2, -0.15) is 0 Å². The number of esters is 1. The van der Waals surface area contributed by atoms with E-state index in [4.69, 9.17) is 10.5 Å². The summed E-state index contributed by atoms with van der Waals surface area (Å²) in [6, 6.07) is 8.07. The Labute approximate surface area is 147 Å². The fourth-order valence-electron chi connectivity index (χ4n) is 3.88. The van der Waals surface area contributed by atoms with E-state index in [1.165, 1.54) is 0 Å². The lowest BCUT2D eigenvalue weighted by Crippen LogP contribution is -2.55. The van der Waals surface area contributed by atoms with Crippen LogP contribution < -0.4 is 5.73 Å². The Morgan fingerprint density at radius 2 is 2.00 bits per heavy atom. The van der Waals surface area contributed by atoms with Crippen molar-refractivity contribution in [1.29, 1.82) is 0 Å². The second-order valence-electron chi connectivity index (χ2n) is 7.21. The van der Waals surface area contributed by atoms with Crippen LogP contribution in [0.15, 0.2) is 30.3 Å². The zero-order valence-electron chi connectivity index (χ0n) is 14.5. The maximum atomic E-state index is 12.7. The van der Waals surface area contributed by atoms with Crippen molar-refractivity contribution < 1.29 is 19.4 Å². The van der Waals surface area contributed by atoms with Crippen LogP contribution in [-0.2, 0) is 20.9 Å². The Balaban J connectivity index is 1.70. The molecule has 3 N–H and O–H groups in total. The number of nitrogens with zero attached hydrogens (tertiary/aromatic N) is 1. The largest absolute Gasteiger partial charge is 0.459 e. The number of rotatable bonds is 3. The van der Waals surface area contributed by atoms with Gasteiger partial charge in [0.05, 0.1) is 12.1 Å². The SMILES string of the molecule is C[C@H]1C[C@H]2CC[C@@H](C(=O)OCc3ccccc3)N2C(=O)[C@@H](N)C[C@@H]1O. The number of aliphatic hydroxyl groups excluding tert-OH is 1. The first-order chi connectivity index (χ1) is 12.0. The van der Waals surface area contributed by atoms with E-state index in [0.29, 0.717) is 12.8 Å². The standard InChI is InChI=1S/C19H26N2O4/c1-12-9-14-7-8-16(21(14)18(23)15(20)10-17(12)22)19(24)25-11-13-5-3-2-4-6-13/h2-6,12,14-17,22H,7-11,20H2,1H3/t12-,14+,15-,16-,17-/m0/s1. The number of hydrogen-bond donors (Lipinski definition) is 2. The van der Waals surface area contributed by atoms with Crippen LogP contribution in [0.2, 0.25) is 0 Å². The van der Waals surface area contributed by atoms with Crippen molar-refractivity contribution in [3.63, 3.8) is 0 Å². The molecule has 0 aromatic heterocycles. The Hall–Kier alpha value is -1.92. The molecule has 0 unspecified atom stereocenters. The first-order valence-corrected chi connectivity index (χ1v) is 8.93. The van der Waals surface area contributed by atoms with Crippen molar-refractivity contribution >= 4 is 11.9 Å². The lowest BCUT2D eigenvalue weighted by molar-refractivity contribution is -0.157. The zero-order chi connectivity index (χ0) is 18.0. The quantitative estimate of drug-likeness (QED) is 0.803. The number of ether oxygens (including phenoxy) is 1. The van der Waals surface area contributed by atoms with Gasteiger partial charge in [-0.25, -0.2) is 4.79 Å². The van der Waals surface area contributed by atoms with Crippen molar-refractivity contribution in [2.24, 2.45) is 11.7 Å². The molecule has 2 fully saturated rings. The molecule has 2 heterocycles. The summed E-state index contributed by atoms with van der Waals surface area (Å²) in [5.41, 5.74) is 6.90. The van der Waals surface area contributed by atoms with Gasteiger partial charge in [0.2, 0.25) is 5.91 Å². The van der Waals surface area contributed by atoms with Crippen LogP contribution in [0.25, 0.3) is 0 Å². The lowest BCUT2D eigenvalue weighted by Gasteiger charge is -2.37. The predicted molar refractivity (Wildman–Crippen MR) is 92.3 cm³/mol. The molecule has 5 atom stereocenters. The summed E-state index contributed by atoms with van der Waals surface area (Å²) in [4.78, 5) is 26.9. The van der Waals surface area contributed by atoms with Gasteiger partial charge in [0.25, 0.3) is 0 Å². The molecule has 2 aliphatic heterocycles. The number of nitrogens with two attached hydrogens (primary N) is 1. The minimum Gasteiger partial charge on any atom is -0.459 e. The molecule has 1 amide bonds. The van der Waals surface area contributed by atoms with Crippen molar-refractivity contribution in [1.82, 2.24) is 4.90 Å². The van der Waals surface area contributed by atoms with E-state index in [-0.39, 0.29) is 36.9 Å². The lowest BCUT2D eigenvalue weighted by atomic mass is 9.88. The molecule has 3 rings (SSSR count). The van der Waals surface area contributed by atoms with Gasteiger partial charge in [0, 0.05) is 6.04 Å². The molecule has 0 aliphatic carbocycles. The van der Waals surface area contributed by atoms with Crippen molar-refractivity contribution in [2.45, 2.75) is 63.4 Å². The minimum atomic E-state index is -0.775. The predicted octanol–water partition coefficient (Wildman–Crippen LogP) is 1.21. The van der Waals surface area contributed by atoms with Gasteiger partial charge in [0.1, 0.15) is 12.6 Å². The Bertz CT molecular complexity index is 621. The first-order valence-electron chi connectivity index (χ1n) is 8.93. The summed E-state index contributed by atoms with van der Waals surface area (Å²) in [6.45, 7) is 2.16. The van der Waals surface area contributed by atoms with Crippen LogP contribution >= 0.6 is 0 Å². The normalized spacial score (nSPS) is 32.7. The monoisotopic (exact) mass is 346 g/mol. The number of carbonyl (C=O) groups excluding carboxylic acids is 2. The average Bonchev–Trinajstić information content (AvgIpc) is 3.02. The summed E-state index contributed by atoms with van der Waals surface area (Å²) in [7, 11) is 0. The molecule has 136 valence electrons. The number of hydrogen-bond acceptors (Lipinski definition) is 5. The number of carbonyl (C=O) groups is 2. The molecule has 0 radical (unpaired) electrons. The fraction of sp³-hybridized carbons (Fsp3) is 0.579. The van der Waals surface area contributed by atoms with Gasteiger partial charge in [-0.3, -0.25) is 4.79 Å². The molecule has 0 spiro atoms. The highest BCUT2D eigenvalue weighted by Gasteiger charge is 2.45. The third kappa shape index (κ3) is 3.85. The first kappa shape index (κ1) is 17.9. The average molecular weight is 346 g/mol. The number of fused-ring (bicyclic) bond motifs is 1. The third-order valence-corrected chi connectivity index (χ3v) is 5.37. The summed E-state index contributed by atoms with van der Waals surface area (Å²) in [5.74, 6) is -0.582. The van der Waals surface area contributed by atoms with Gasteiger partial charge in [-0.15, -0.1) is 0 Å². The van der Waals surface area contributed by atoms with Crippen molar-refractivity contribution in [3.8, 4) is 0 Å². The van der Waals surface area contributed by atoms with Gasteiger partial charge < -0.3 is 20.5 Å². The molecular formula is C19H26N2O4. The van der Waals surface area contributed by atoms with Gasteiger partial charge in [0.15, 0.2) is 0 Å². The fourth-order valence-corrected chi connectivity index (χ4v) is 3.88. The van der Waals surface area contributed by atoms with Crippen molar-refractivity contribution in [2.75, 3.05) is 0 Å². The smallest absolute Gasteiger partial charge is 0.329 e. The highest BCUT2D eigenvalue weighted by Crippen LogP contribution is 2.33. The summed E-state index contributed by atoms with van der Waals surface area (Å²) >= 11 is 0. The van der Waals surface area contributed by atoms with E-state index in [1.54, 1.807) is 4.90 Å². The van der Waals surface area contributed by atoms with E-state index in [9.17, 15) is 14.7 Å². The molecule has 1 aromatic rings. The summed E-state index contributed by atoms with van der Waals surface area (Å²) in [6.07, 6.45) is 1.65. The van der Waals surface area contributed by atoms with E-state index in [0.717, 1.165) is 12.0 Å². The van der Waals surface area contributed by atoms with Crippen LogP contribution in [0, 0.1) is 5.92 Å². The number of aliphatic hydroxyl groups is 1. The van der Waals surface area contributed by atoms with Gasteiger partial charge in [-0.1, -0.05) is 37.3 Å². The molecule has 2 aliphatic rings. The van der Waals surface area contributed by atoms with E-state index in [1.807, 2.05) is 37.3 Å². The van der Waals surface area contributed by atoms with Gasteiger partial charge in [-0.05, 0) is 37.2 Å². The molecule has 25 heavy (non-hydrogen) atoms. The number of amides is 1. The van der Waals surface area contributed by atoms with Crippen LogP contribution in [-0.4, -0.2) is 46.1 Å². The maximum absolute atomic E-state index is 12.7. The highest BCUT2D eigenvalue weighted by molar-refractivity contribution is 5.88. The molecule has 2 saturated heterocycles. The molecule has 6 nitrogen and oxygen atoms in total. The van der Waals surface area contributed by atoms with E-state index < -0.39 is 18.2 Å². The summed E-state index contributed by atoms with van der Waals surface area (Å²) in [5, 5.41) is 10.1. The molecular weight excluding hydrogens is 320 g/mol. The minimum absolute atomic E-state index is 0.0470. The molecule has 6 heteroatoms. The Morgan fingerprint density at radius 1 is 1.28 bits per heavy atom. The second kappa shape index (κ2) is 7.54. The van der Waals surface area contributed by atoms with Crippen molar-refractivity contribution in [3.05, 3.63) is 35.9 Å². The maximum Gasteiger partial charge on any atom is 0.329 e.